The first kappa shape index (κ1) is 12.3. The summed E-state index contributed by atoms with van der Waals surface area (Å²) in [4.78, 5) is 8.72. The SMILES string of the molecule is Cc1cc(NCC2(C)CCCCC2)nc(C)n1. The Hall–Kier alpha value is -1.12. The van der Waals surface area contributed by atoms with Gasteiger partial charge in [-0.3, -0.25) is 0 Å². The quantitative estimate of drug-likeness (QED) is 0.868. The van der Waals surface area contributed by atoms with E-state index in [0.717, 1.165) is 23.9 Å². The summed E-state index contributed by atoms with van der Waals surface area (Å²) in [7, 11) is 0. The number of aryl methyl sites for hydroxylation is 2. The lowest BCUT2D eigenvalue weighted by Gasteiger charge is -2.33. The number of hydrogen-bond acceptors (Lipinski definition) is 3. The first-order valence-electron chi connectivity index (χ1n) is 6.64. The molecule has 17 heavy (non-hydrogen) atoms. The normalized spacial score (nSPS) is 19.0. The van der Waals surface area contributed by atoms with Gasteiger partial charge in [0.2, 0.25) is 0 Å². The van der Waals surface area contributed by atoms with Gasteiger partial charge in [0.25, 0.3) is 0 Å². The predicted octanol–water partition coefficient (Wildman–Crippen LogP) is 3.48. The molecule has 0 radical (unpaired) electrons. The van der Waals surface area contributed by atoms with Gasteiger partial charge in [0.1, 0.15) is 11.6 Å². The highest BCUT2D eigenvalue weighted by Gasteiger charge is 2.26. The Morgan fingerprint density at radius 1 is 1.18 bits per heavy atom. The molecule has 2 rings (SSSR count). The number of rotatable bonds is 3. The maximum absolute atomic E-state index is 4.43. The number of hydrogen-bond donors (Lipinski definition) is 1. The standard InChI is InChI=1S/C14H23N3/c1-11-9-13(17-12(2)16-11)15-10-14(3)7-5-4-6-8-14/h9H,4-8,10H2,1-3H3,(H,15,16,17). The second-order valence-corrected chi connectivity index (χ2v) is 5.67. The highest BCUT2D eigenvalue weighted by molar-refractivity contribution is 5.35. The Kier molecular flexibility index (Phi) is 3.65. The van der Waals surface area contributed by atoms with Gasteiger partial charge in [-0.05, 0) is 32.1 Å². The van der Waals surface area contributed by atoms with Crippen LogP contribution in [0, 0.1) is 19.3 Å². The van der Waals surface area contributed by atoms with Crippen LogP contribution >= 0.6 is 0 Å². The topological polar surface area (TPSA) is 37.8 Å². The zero-order valence-corrected chi connectivity index (χ0v) is 11.2. The zero-order valence-electron chi connectivity index (χ0n) is 11.2. The van der Waals surface area contributed by atoms with Crippen LogP contribution in [0.5, 0.6) is 0 Å². The van der Waals surface area contributed by atoms with E-state index in [1.54, 1.807) is 0 Å². The van der Waals surface area contributed by atoms with E-state index in [2.05, 4.69) is 22.2 Å². The Morgan fingerprint density at radius 2 is 1.88 bits per heavy atom. The van der Waals surface area contributed by atoms with Gasteiger partial charge in [-0.15, -0.1) is 0 Å². The van der Waals surface area contributed by atoms with Crippen molar-refractivity contribution in [3.63, 3.8) is 0 Å². The molecular weight excluding hydrogens is 210 g/mol. The van der Waals surface area contributed by atoms with Crippen molar-refractivity contribution in [2.75, 3.05) is 11.9 Å². The molecule has 1 aliphatic carbocycles. The minimum absolute atomic E-state index is 0.449. The first-order valence-corrected chi connectivity index (χ1v) is 6.64. The van der Waals surface area contributed by atoms with Gasteiger partial charge >= 0.3 is 0 Å². The molecule has 0 amide bonds. The second kappa shape index (κ2) is 5.03. The summed E-state index contributed by atoms with van der Waals surface area (Å²) in [6.07, 6.45) is 6.83. The molecule has 3 nitrogen and oxygen atoms in total. The Labute approximate surface area is 104 Å². The van der Waals surface area contributed by atoms with Gasteiger partial charge in [0.15, 0.2) is 0 Å². The number of anilines is 1. The summed E-state index contributed by atoms with van der Waals surface area (Å²) in [5.74, 6) is 1.82. The minimum Gasteiger partial charge on any atom is -0.369 e. The third-order valence-electron chi connectivity index (χ3n) is 3.72. The van der Waals surface area contributed by atoms with Crippen molar-refractivity contribution >= 4 is 5.82 Å². The van der Waals surface area contributed by atoms with E-state index in [4.69, 9.17) is 0 Å². The van der Waals surface area contributed by atoms with Crippen LogP contribution in [0.1, 0.15) is 50.5 Å². The second-order valence-electron chi connectivity index (χ2n) is 5.67. The van der Waals surface area contributed by atoms with E-state index in [1.165, 1.54) is 32.1 Å². The molecule has 0 atom stereocenters. The van der Waals surface area contributed by atoms with Gasteiger partial charge < -0.3 is 5.32 Å². The third kappa shape index (κ3) is 3.42. The summed E-state index contributed by atoms with van der Waals surface area (Å²) < 4.78 is 0. The molecular formula is C14H23N3. The van der Waals surface area contributed by atoms with Crippen LogP contribution in [0.2, 0.25) is 0 Å². The number of aromatic nitrogens is 2. The highest BCUT2D eigenvalue weighted by Crippen LogP contribution is 2.35. The molecule has 0 aliphatic heterocycles. The summed E-state index contributed by atoms with van der Waals surface area (Å²) >= 11 is 0. The van der Waals surface area contributed by atoms with E-state index in [0.29, 0.717) is 5.41 Å². The van der Waals surface area contributed by atoms with E-state index in [9.17, 15) is 0 Å². The fourth-order valence-electron chi connectivity index (χ4n) is 2.69. The van der Waals surface area contributed by atoms with Crippen LogP contribution in [0.4, 0.5) is 5.82 Å². The summed E-state index contributed by atoms with van der Waals surface area (Å²) in [5.41, 5.74) is 1.49. The molecule has 1 N–H and O–H groups in total. The average molecular weight is 233 g/mol. The largest absolute Gasteiger partial charge is 0.369 e. The molecule has 3 heteroatoms. The minimum atomic E-state index is 0.449. The fourth-order valence-corrected chi connectivity index (χ4v) is 2.69. The molecule has 1 fully saturated rings. The summed E-state index contributed by atoms with van der Waals surface area (Å²) in [6, 6.07) is 2.03. The van der Waals surface area contributed by atoms with Gasteiger partial charge in [0.05, 0.1) is 0 Å². The lowest BCUT2D eigenvalue weighted by atomic mass is 9.76. The van der Waals surface area contributed by atoms with Crippen molar-refractivity contribution in [1.29, 1.82) is 0 Å². The van der Waals surface area contributed by atoms with Crippen molar-refractivity contribution in [3.8, 4) is 0 Å². The fraction of sp³-hybridized carbons (Fsp3) is 0.714. The monoisotopic (exact) mass is 233 g/mol. The molecule has 1 aliphatic rings. The molecule has 1 saturated carbocycles. The molecule has 1 heterocycles. The van der Waals surface area contributed by atoms with Gasteiger partial charge in [-0.1, -0.05) is 26.2 Å². The van der Waals surface area contributed by atoms with E-state index in [-0.39, 0.29) is 0 Å². The molecule has 0 bridgehead atoms. The van der Waals surface area contributed by atoms with Crippen LogP contribution in [0.3, 0.4) is 0 Å². The van der Waals surface area contributed by atoms with Crippen LogP contribution in [-0.2, 0) is 0 Å². The van der Waals surface area contributed by atoms with Crippen molar-refractivity contribution in [1.82, 2.24) is 9.97 Å². The Morgan fingerprint density at radius 3 is 2.53 bits per heavy atom. The van der Waals surface area contributed by atoms with Crippen LogP contribution < -0.4 is 5.32 Å². The zero-order chi connectivity index (χ0) is 12.3. The van der Waals surface area contributed by atoms with Gasteiger partial charge in [-0.25, -0.2) is 9.97 Å². The molecule has 94 valence electrons. The van der Waals surface area contributed by atoms with Crippen molar-refractivity contribution in [3.05, 3.63) is 17.6 Å². The molecule has 0 spiro atoms. The van der Waals surface area contributed by atoms with Gasteiger partial charge in [0, 0.05) is 18.3 Å². The van der Waals surface area contributed by atoms with Crippen molar-refractivity contribution in [2.45, 2.75) is 52.9 Å². The maximum atomic E-state index is 4.43. The number of nitrogens with one attached hydrogen (secondary N) is 1. The molecule has 0 aromatic carbocycles. The van der Waals surface area contributed by atoms with Crippen molar-refractivity contribution < 1.29 is 0 Å². The van der Waals surface area contributed by atoms with E-state index >= 15 is 0 Å². The molecule has 0 unspecified atom stereocenters. The lowest BCUT2D eigenvalue weighted by molar-refractivity contribution is 0.233. The van der Waals surface area contributed by atoms with E-state index in [1.807, 2.05) is 19.9 Å². The summed E-state index contributed by atoms with van der Waals surface area (Å²) in [5, 5.41) is 3.49. The third-order valence-corrected chi connectivity index (χ3v) is 3.72. The van der Waals surface area contributed by atoms with Crippen molar-refractivity contribution in [2.24, 2.45) is 5.41 Å². The molecule has 1 aromatic heterocycles. The lowest BCUT2D eigenvalue weighted by Crippen LogP contribution is -2.29. The van der Waals surface area contributed by atoms with Crippen LogP contribution in [-0.4, -0.2) is 16.5 Å². The van der Waals surface area contributed by atoms with Crippen LogP contribution in [0.25, 0.3) is 0 Å². The summed E-state index contributed by atoms with van der Waals surface area (Å²) in [6.45, 7) is 7.38. The average Bonchev–Trinajstić information content (AvgIpc) is 2.26. The first-order chi connectivity index (χ1) is 8.07. The Bertz CT molecular complexity index is 361. The highest BCUT2D eigenvalue weighted by atomic mass is 15.0. The van der Waals surface area contributed by atoms with Crippen LogP contribution in [0.15, 0.2) is 6.07 Å². The number of nitrogens with zero attached hydrogens (tertiary/aromatic N) is 2. The molecule has 0 saturated heterocycles. The predicted molar refractivity (Wildman–Crippen MR) is 71.2 cm³/mol. The van der Waals surface area contributed by atoms with E-state index < -0.39 is 0 Å². The van der Waals surface area contributed by atoms with Gasteiger partial charge in [-0.2, -0.15) is 0 Å². The Balaban J connectivity index is 1.96. The maximum Gasteiger partial charge on any atom is 0.129 e. The smallest absolute Gasteiger partial charge is 0.129 e. The molecule has 1 aromatic rings.